The van der Waals surface area contributed by atoms with Gasteiger partial charge in [0.25, 0.3) is 0 Å². The van der Waals surface area contributed by atoms with Crippen molar-refractivity contribution < 1.29 is 25.2 Å². The van der Waals surface area contributed by atoms with Crippen molar-refractivity contribution in [1.82, 2.24) is 0 Å². The summed E-state index contributed by atoms with van der Waals surface area (Å²) in [5.74, 6) is 0. The molecule has 4 N–H and O–H groups in total. The predicted octanol–water partition coefficient (Wildman–Crippen LogP) is -2.19. The Morgan fingerprint density at radius 2 is 2.00 bits per heavy atom. The van der Waals surface area contributed by atoms with Gasteiger partial charge in [-0.3, -0.25) is 0 Å². The van der Waals surface area contributed by atoms with E-state index in [9.17, 15) is 5.11 Å². The van der Waals surface area contributed by atoms with Gasteiger partial charge in [-0.1, -0.05) is 0 Å². The average molecular weight is 164 g/mol. The van der Waals surface area contributed by atoms with Crippen LogP contribution in [0.25, 0.3) is 0 Å². The van der Waals surface area contributed by atoms with Gasteiger partial charge < -0.3 is 25.2 Å². The summed E-state index contributed by atoms with van der Waals surface area (Å²) < 4.78 is 4.68. The van der Waals surface area contributed by atoms with Crippen LogP contribution < -0.4 is 0 Å². The Balaban J connectivity index is 2.78. The highest BCUT2D eigenvalue weighted by atomic mass is 16.6. The van der Waals surface area contributed by atoms with Crippen LogP contribution in [0.3, 0.4) is 0 Å². The lowest BCUT2D eigenvalue weighted by Crippen LogP contribution is -2.50. The number of ether oxygens (including phenoxy) is 1. The molecule has 5 nitrogen and oxygen atoms in total. The molecule has 1 saturated heterocycles. The van der Waals surface area contributed by atoms with E-state index in [0.29, 0.717) is 0 Å². The maximum atomic E-state index is 9.42. The Hall–Kier alpha value is -0.200. The van der Waals surface area contributed by atoms with E-state index in [1.54, 1.807) is 0 Å². The lowest BCUT2D eigenvalue weighted by molar-refractivity contribution is -0.129. The van der Waals surface area contributed by atoms with Crippen LogP contribution in [0, 0.1) is 0 Å². The molecule has 1 fully saturated rings. The van der Waals surface area contributed by atoms with Gasteiger partial charge in [0.05, 0.1) is 12.7 Å². The molecule has 0 aromatic heterocycles. The maximum absolute atomic E-state index is 9.42. The van der Waals surface area contributed by atoms with Crippen molar-refractivity contribution in [3.63, 3.8) is 0 Å². The first kappa shape index (κ1) is 8.89. The minimum absolute atomic E-state index is 0.633. The third-order valence-corrected chi connectivity index (χ3v) is 2.08. The first-order valence-corrected chi connectivity index (χ1v) is 3.37. The van der Waals surface area contributed by atoms with Crippen molar-refractivity contribution in [2.45, 2.75) is 31.0 Å². The molecule has 4 atom stereocenters. The zero-order chi connectivity index (χ0) is 8.65. The number of aliphatic hydroxyl groups excluding tert-OH is 3. The van der Waals surface area contributed by atoms with Gasteiger partial charge >= 0.3 is 0 Å². The van der Waals surface area contributed by atoms with Crippen molar-refractivity contribution in [3.8, 4) is 0 Å². The highest BCUT2D eigenvalue weighted by molar-refractivity contribution is 4.98. The van der Waals surface area contributed by atoms with Crippen LogP contribution in [0.4, 0.5) is 0 Å². The van der Waals surface area contributed by atoms with Crippen molar-refractivity contribution in [3.05, 3.63) is 0 Å². The van der Waals surface area contributed by atoms with Crippen molar-refractivity contribution in [2.75, 3.05) is 6.61 Å². The second kappa shape index (κ2) is 2.69. The topological polar surface area (TPSA) is 90.2 Å². The summed E-state index contributed by atoms with van der Waals surface area (Å²) in [6.07, 6.45) is -3.62. The summed E-state index contributed by atoms with van der Waals surface area (Å²) in [5, 5.41) is 36.1. The molecule has 11 heavy (non-hydrogen) atoms. The second-order valence-electron chi connectivity index (χ2n) is 2.76. The van der Waals surface area contributed by atoms with Crippen molar-refractivity contribution >= 4 is 0 Å². The zero-order valence-corrected chi connectivity index (χ0v) is 6.14. The summed E-state index contributed by atoms with van der Waals surface area (Å²) in [6.45, 7) is 0.835. The predicted molar refractivity (Wildman–Crippen MR) is 34.6 cm³/mol. The highest BCUT2D eigenvalue weighted by Gasteiger charge is 2.52. The monoisotopic (exact) mass is 164 g/mol. The van der Waals surface area contributed by atoms with Crippen LogP contribution in [0.5, 0.6) is 0 Å². The molecule has 0 spiro atoms. The molecule has 0 saturated carbocycles. The quantitative estimate of drug-likeness (QED) is 0.353. The number of aliphatic hydroxyl groups is 4. The fourth-order valence-corrected chi connectivity index (χ4v) is 1.11. The SMILES string of the molecule is C[C@H]1O[C@@H](O)[C@H](O)[C@]1(O)CO. The first-order valence-electron chi connectivity index (χ1n) is 3.37. The van der Waals surface area contributed by atoms with Crippen LogP contribution in [-0.4, -0.2) is 51.1 Å². The Kier molecular flexibility index (Phi) is 2.17. The molecular formula is C6H12O5. The van der Waals surface area contributed by atoms with Crippen LogP contribution in [0.2, 0.25) is 0 Å². The minimum atomic E-state index is -1.74. The molecule has 0 aromatic carbocycles. The second-order valence-corrected chi connectivity index (χ2v) is 2.76. The maximum Gasteiger partial charge on any atom is 0.184 e. The standard InChI is InChI=1S/C6H12O5/c1-3-6(10,2-7)4(8)5(9)11-3/h3-5,7-10H,2H2,1H3/t3-,4+,5-,6+/m1/s1. The van der Waals surface area contributed by atoms with Gasteiger partial charge in [0.15, 0.2) is 6.29 Å². The third-order valence-electron chi connectivity index (χ3n) is 2.08. The fraction of sp³-hybridized carbons (Fsp3) is 1.00. The molecule has 0 aliphatic carbocycles. The van der Waals surface area contributed by atoms with Crippen LogP contribution >= 0.6 is 0 Å². The Labute approximate surface area is 63.8 Å². The fourth-order valence-electron chi connectivity index (χ4n) is 1.11. The lowest BCUT2D eigenvalue weighted by Gasteiger charge is -2.25. The molecule has 0 radical (unpaired) electrons. The van der Waals surface area contributed by atoms with Crippen LogP contribution in [0.1, 0.15) is 6.92 Å². The molecular weight excluding hydrogens is 152 g/mol. The molecule has 66 valence electrons. The lowest BCUT2D eigenvalue weighted by atomic mass is 9.95. The molecule has 1 rings (SSSR count). The number of hydrogen-bond acceptors (Lipinski definition) is 5. The van der Waals surface area contributed by atoms with Crippen molar-refractivity contribution in [1.29, 1.82) is 0 Å². The molecule has 5 heteroatoms. The number of hydrogen-bond donors (Lipinski definition) is 4. The summed E-state index contributed by atoms with van der Waals surface area (Å²) in [4.78, 5) is 0. The zero-order valence-electron chi connectivity index (χ0n) is 6.14. The van der Waals surface area contributed by atoms with E-state index in [1.807, 2.05) is 0 Å². The normalized spacial score (nSPS) is 51.5. The van der Waals surface area contributed by atoms with Gasteiger partial charge in [-0.15, -0.1) is 0 Å². The van der Waals surface area contributed by atoms with Crippen LogP contribution in [0.15, 0.2) is 0 Å². The Bertz CT molecular complexity index is 150. The Morgan fingerprint density at radius 1 is 1.45 bits per heavy atom. The van der Waals surface area contributed by atoms with E-state index in [0.717, 1.165) is 0 Å². The van der Waals surface area contributed by atoms with Gasteiger partial charge in [-0.2, -0.15) is 0 Å². The van der Waals surface area contributed by atoms with E-state index in [2.05, 4.69) is 4.74 Å². The van der Waals surface area contributed by atoms with E-state index < -0.39 is 30.7 Å². The van der Waals surface area contributed by atoms with Gasteiger partial charge in [0, 0.05) is 0 Å². The summed E-state index contributed by atoms with van der Waals surface area (Å²) in [5.41, 5.74) is -1.74. The van der Waals surface area contributed by atoms with Gasteiger partial charge in [0.2, 0.25) is 0 Å². The smallest absolute Gasteiger partial charge is 0.184 e. The molecule has 1 heterocycles. The van der Waals surface area contributed by atoms with Gasteiger partial charge in [-0.25, -0.2) is 0 Å². The van der Waals surface area contributed by atoms with E-state index >= 15 is 0 Å². The number of rotatable bonds is 1. The largest absolute Gasteiger partial charge is 0.393 e. The molecule has 1 aliphatic heterocycles. The van der Waals surface area contributed by atoms with Gasteiger partial charge in [0.1, 0.15) is 11.7 Å². The molecule has 0 amide bonds. The molecule has 0 unspecified atom stereocenters. The van der Waals surface area contributed by atoms with Gasteiger partial charge in [-0.05, 0) is 6.92 Å². The molecule has 0 bridgehead atoms. The Morgan fingerprint density at radius 3 is 2.18 bits per heavy atom. The first-order chi connectivity index (χ1) is 5.02. The van der Waals surface area contributed by atoms with Crippen molar-refractivity contribution in [2.24, 2.45) is 0 Å². The van der Waals surface area contributed by atoms with E-state index in [4.69, 9.17) is 15.3 Å². The third kappa shape index (κ3) is 1.15. The minimum Gasteiger partial charge on any atom is -0.393 e. The summed E-state index contributed by atoms with van der Waals surface area (Å²) >= 11 is 0. The highest BCUT2D eigenvalue weighted by Crippen LogP contribution is 2.29. The summed E-state index contributed by atoms with van der Waals surface area (Å²) in [6, 6.07) is 0. The van der Waals surface area contributed by atoms with E-state index in [-0.39, 0.29) is 0 Å². The van der Waals surface area contributed by atoms with E-state index in [1.165, 1.54) is 6.92 Å². The molecule has 1 aliphatic rings. The molecule has 0 aromatic rings. The summed E-state index contributed by atoms with van der Waals surface area (Å²) in [7, 11) is 0. The average Bonchev–Trinajstić information content (AvgIpc) is 2.16. The van der Waals surface area contributed by atoms with Crippen LogP contribution in [-0.2, 0) is 4.74 Å².